The maximum Gasteiger partial charge on any atom is 0.240 e. The van der Waals surface area contributed by atoms with Crippen molar-refractivity contribution in [1.29, 1.82) is 0 Å². The molecule has 1 aliphatic rings. The van der Waals surface area contributed by atoms with Gasteiger partial charge in [-0.15, -0.1) is 23.1 Å². The number of nitrogens with one attached hydrogen (secondary N) is 1. The zero-order valence-electron chi connectivity index (χ0n) is 21.5. The van der Waals surface area contributed by atoms with Crippen molar-refractivity contribution in [3.8, 4) is 16.9 Å². The van der Waals surface area contributed by atoms with Crippen molar-refractivity contribution in [3.63, 3.8) is 0 Å². The fourth-order valence-corrected chi connectivity index (χ4v) is 6.69. The van der Waals surface area contributed by atoms with Crippen LogP contribution in [0, 0.1) is 12.8 Å². The molecule has 0 fully saturated rings. The van der Waals surface area contributed by atoms with Crippen LogP contribution in [0.3, 0.4) is 0 Å². The molecule has 2 aromatic carbocycles. The topological polar surface area (TPSA) is 67.2 Å². The number of aryl methyl sites for hydroxylation is 1. The number of nitrogens with zero attached hydrogens (tertiary/aromatic N) is 3. The van der Waals surface area contributed by atoms with E-state index in [0.29, 0.717) is 23.3 Å². The second kappa shape index (κ2) is 11.4. The average Bonchev–Trinajstić information content (AvgIpc) is 3.54. The molecule has 4 aromatic rings. The Morgan fingerprint density at radius 1 is 1.13 bits per heavy atom. The van der Waals surface area contributed by atoms with Crippen LogP contribution in [-0.4, -0.2) is 40.4 Å². The number of hydrogen-bond acceptors (Lipinski definition) is 5. The van der Waals surface area contributed by atoms with Crippen molar-refractivity contribution < 1.29 is 9.59 Å². The fourth-order valence-electron chi connectivity index (χ4n) is 4.39. The third kappa shape index (κ3) is 5.53. The minimum Gasteiger partial charge on any atom is -0.354 e. The summed E-state index contributed by atoms with van der Waals surface area (Å²) in [6, 6.07) is 19.7. The monoisotopic (exact) mass is 564 g/mol. The first-order valence-corrected chi connectivity index (χ1v) is 14.8. The van der Waals surface area contributed by atoms with Gasteiger partial charge < -0.3 is 5.32 Å². The first-order chi connectivity index (χ1) is 18.3. The van der Waals surface area contributed by atoms with E-state index in [-0.39, 0.29) is 29.4 Å². The quantitative estimate of drug-likeness (QED) is 0.278. The summed E-state index contributed by atoms with van der Waals surface area (Å²) in [6.45, 7) is 6.59. The van der Waals surface area contributed by atoms with Crippen LogP contribution in [0.25, 0.3) is 16.9 Å². The Kier molecular flexibility index (Phi) is 7.93. The number of carbonyl (C=O) groups excluding carboxylic acids is 2. The van der Waals surface area contributed by atoms with Gasteiger partial charge in [-0.1, -0.05) is 61.3 Å². The zero-order chi connectivity index (χ0) is 26.8. The number of thioether (sulfide) groups is 1. The summed E-state index contributed by atoms with van der Waals surface area (Å²) in [6.07, 6.45) is 0. The first-order valence-electron chi connectivity index (χ1n) is 12.5. The minimum absolute atomic E-state index is 0.0755. The van der Waals surface area contributed by atoms with E-state index in [1.807, 2.05) is 85.4 Å². The molecule has 6 nitrogen and oxygen atoms in total. The second-order valence-electron chi connectivity index (χ2n) is 9.72. The standard InChI is InChI=1S/C29H29ClN4O2S2/c1-18(2)15-31-24(35)16-33-25(36)17-38-28(23-5-4-14-37-23)26-27(20-8-10-21(30)11-9-20)32-34(29(26)33)22-12-6-19(3)7-13-22/h4-14,18,28H,15-17H2,1-3H3,(H,31,35)/t28-/m1/s1. The molecule has 0 aliphatic carbocycles. The van der Waals surface area contributed by atoms with Crippen LogP contribution >= 0.6 is 34.7 Å². The largest absolute Gasteiger partial charge is 0.354 e. The zero-order valence-corrected chi connectivity index (χ0v) is 23.9. The molecule has 2 aromatic heterocycles. The van der Waals surface area contributed by atoms with Gasteiger partial charge in [0.25, 0.3) is 0 Å². The smallest absolute Gasteiger partial charge is 0.240 e. The number of thiophene rings is 1. The predicted molar refractivity (Wildman–Crippen MR) is 158 cm³/mol. The van der Waals surface area contributed by atoms with Gasteiger partial charge in [-0.25, -0.2) is 4.68 Å². The second-order valence-corrected chi connectivity index (χ2v) is 12.2. The third-order valence-corrected chi connectivity index (χ3v) is 8.87. The van der Waals surface area contributed by atoms with E-state index in [4.69, 9.17) is 16.7 Å². The van der Waals surface area contributed by atoms with Crippen LogP contribution in [0.4, 0.5) is 5.82 Å². The highest BCUT2D eigenvalue weighted by molar-refractivity contribution is 8.00. The summed E-state index contributed by atoms with van der Waals surface area (Å²) < 4.78 is 1.82. The fraction of sp³-hybridized carbons (Fsp3) is 0.276. The molecular formula is C29H29ClN4O2S2. The lowest BCUT2D eigenvalue weighted by Crippen LogP contribution is -2.43. The Bertz CT molecular complexity index is 1430. The molecule has 0 spiro atoms. The molecule has 0 unspecified atom stereocenters. The lowest BCUT2D eigenvalue weighted by atomic mass is 10.0. The summed E-state index contributed by atoms with van der Waals surface area (Å²) in [5.74, 6) is 0.880. The van der Waals surface area contributed by atoms with Gasteiger partial charge in [0.2, 0.25) is 11.8 Å². The van der Waals surface area contributed by atoms with E-state index in [2.05, 4.69) is 11.4 Å². The molecule has 196 valence electrons. The number of aromatic nitrogens is 2. The molecule has 0 saturated carbocycles. The summed E-state index contributed by atoms with van der Waals surface area (Å²) in [4.78, 5) is 29.5. The number of hydrogen-bond donors (Lipinski definition) is 1. The van der Waals surface area contributed by atoms with Crippen molar-refractivity contribution in [3.05, 3.63) is 87.1 Å². The third-order valence-electron chi connectivity index (χ3n) is 6.30. The van der Waals surface area contributed by atoms with Gasteiger partial charge in [-0.05, 0) is 48.6 Å². The molecule has 0 saturated heterocycles. The molecule has 2 amide bonds. The predicted octanol–water partition coefficient (Wildman–Crippen LogP) is 6.50. The van der Waals surface area contributed by atoms with Crippen LogP contribution in [0.2, 0.25) is 5.02 Å². The Morgan fingerprint density at radius 2 is 1.87 bits per heavy atom. The highest BCUT2D eigenvalue weighted by Crippen LogP contribution is 2.49. The maximum atomic E-state index is 13.7. The summed E-state index contributed by atoms with van der Waals surface area (Å²) in [5, 5.41) is 10.6. The summed E-state index contributed by atoms with van der Waals surface area (Å²) in [5.41, 5.74) is 4.53. The average molecular weight is 565 g/mol. The van der Waals surface area contributed by atoms with Gasteiger partial charge >= 0.3 is 0 Å². The van der Waals surface area contributed by atoms with Gasteiger partial charge in [0.1, 0.15) is 12.4 Å². The molecule has 1 N–H and O–H groups in total. The Hall–Kier alpha value is -3.07. The first kappa shape index (κ1) is 26.5. The van der Waals surface area contributed by atoms with Crippen molar-refractivity contribution in [2.24, 2.45) is 5.92 Å². The van der Waals surface area contributed by atoms with Gasteiger partial charge in [0, 0.05) is 27.6 Å². The van der Waals surface area contributed by atoms with Crippen LogP contribution < -0.4 is 10.2 Å². The number of fused-ring (bicyclic) bond motifs is 1. The summed E-state index contributed by atoms with van der Waals surface area (Å²) >= 11 is 9.45. The van der Waals surface area contributed by atoms with Crippen molar-refractivity contribution in [1.82, 2.24) is 15.1 Å². The minimum atomic E-state index is -0.192. The Morgan fingerprint density at radius 3 is 2.53 bits per heavy atom. The molecule has 3 heterocycles. The van der Waals surface area contributed by atoms with E-state index < -0.39 is 0 Å². The summed E-state index contributed by atoms with van der Waals surface area (Å²) in [7, 11) is 0. The van der Waals surface area contributed by atoms with Crippen molar-refractivity contribution in [2.45, 2.75) is 26.0 Å². The number of benzene rings is 2. The number of anilines is 1. The van der Waals surface area contributed by atoms with Crippen LogP contribution in [0.15, 0.2) is 66.0 Å². The van der Waals surface area contributed by atoms with Gasteiger partial charge in [0.15, 0.2) is 0 Å². The van der Waals surface area contributed by atoms with E-state index in [1.165, 1.54) is 0 Å². The maximum absolute atomic E-state index is 13.7. The molecule has 0 radical (unpaired) electrons. The van der Waals surface area contributed by atoms with E-state index in [0.717, 1.165) is 32.9 Å². The van der Waals surface area contributed by atoms with Crippen molar-refractivity contribution >= 4 is 52.3 Å². The van der Waals surface area contributed by atoms with E-state index >= 15 is 0 Å². The molecule has 5 rings (SSSR count). The number of amides is 2. The molecule has 38 heavy (non-hydrogen) atoms. The Labute approximate surface area is 236 Å². The normalized spacial score (nSPS) is 15.4. The van der Waals surface area contributed by atoms with Gasteiger partial charge in [-0.2, -0.15) is 5.10 Å². The molecule has 1 atom stereocenters. The van der Waals surface area contributed by atoms with Gasteiger partial charge in [0.05, 0.1) is 22.4 Å². The SMILES string of the molecule is Cc1ccc(-n2nc(-c3ccc(Cl)cc3)c3c2N(CC(=O)NCC(C)C)C(=O)CS[C@@H]3c2cccs2)cc1. The van der Waals surface area contributed by atoms with E-state index in [9.17, 15) is 9.59 Å². The number of rotatable bonds is 7. The number of carbonyl (C=O) groups is 2. The highest BCUT2D eigenvalue weighted by atomic mass is 35.5. The lowest BCUT2D eigenvalue weighted by Gasteiger charge is -2.23. The number of halogens is 1. The highest BCUT2D eigenvalue weighted by Gasteiger charge is 2.38. The molecule has 9 heteroatoms. The molecule has 0 bridgehead atoms. The van der Waals surface area contributed by atoms with Crippen molar-refractivity contribution in [2.75, 3.05) is 23.7 Å². The lowest BCUT2D eigenvalue weighted by molar-refractivity contribution is -0.123. The van der Waals surface area contributed by atoms with Gasteiger partial charge in [-0.3, -0.25) is 14.5 Å². The molecule has 1 aliphatic heterocycles. The van der Waals surface area contributed by atoms with E-state index in [1.54, 1.807) is 28.0 Å². The Balaban J connectivity index is 1.74. The van der Waals surface area contributed by atoms with Crippen LogP contribution in [-0.2, 0) is 9.59 Å². The molecular weight excluding hydrogens is 536 g/mol. The van der Waals surface area contributed by atoms with Crippen LogP contribution in [0.5, 0.6) is 0 Å². The van der Waals surface area contributed by atoms with Crippen LogP contribution in [0.1, 0.15) is 35.1 Å².